The fraction of sp³-hybridized carbons (Fsp3) is 0.500. The van der Waals surface area contributed by atoms with Gasteiger partial charge in [-0.15, -0.1) is 0 Å². The summed E-state index contributed by atoms with van der Waals surface area (Å²) in [6.07, 6.45) is 4.99. The number of aromatic nitrogens is 1. The number of rotatable bonds is 3. The zero-order valence-electron chi connectivity index (χ0n) is 9.52. The largest absolute Gasteiger partial charge is 0.341 e. The van der Waals surface area contributed by atoms with Crippen LogP contribution in [0, 0.1) is 0 Å². The molecule has 4 nitrogen and oxygen atoms in total. The molecular weight excluding hydrogens is 202 g/mol. The number of nitrogens with one attached hydrogen (secondary N) is 1. The molecule has 1 aromatic heterocycles. The number of likely N-dealkylation sites (N-methyl/N-ethyl adjacent to an activating group) is 1. The minimum absolute atomic E-state index is 0.212. The van der Waals surface area contributed by atoms with Crippen molar-refractivity contribution < 1.29 is 4.79 Å². The molecule has 2 heterocycles. The molecule has 1 fully saturated rings. The van der Waals surface area contributed by atoms with Gasteiger partial charge in [-0.25, -0.2) is 0 Å². The van der Waals surface area contributed by atoms with E-state index < -0.39 is 0 Å². The van der Waals surface area contributed by atoms with Gasteiger partial charge >= 0.3 is 0 Å². The van der Waals surface area contributed by atoms with Crippen molar-refractivity contribution >= 4 is 5.91 Å². The van der Waals surface area contributed by atoms with Crippen LogP contribution in [-0.2, 0) is 11.2 Å². The second kappa shape index (κ2) is 5.07. The molecule has 0 saturated carbocycles. The van der Waals surface area contributed by atoms with Gasteiger partial charge in [0.25, 0.3) is 0 Å². The van der Waals surface area contributed by atoms with E-state index >= 15 is 0 Å². The van der Waals surface area contributed by atoms with E-state index in [1.807, 2.05) is 24.1 Å². The summed E-state index contributed by atoms with van der Waals surface area (Å²) in [6, 6.07) is 4.24. The Labute approximate surface area is 95.7 Å². The zero-order chi connectivity index (χ0) is 11.4. The van der Waals surface area contributed by atoms with E-state index in [-0.39, 0.29) is 5.91 Å². The lowest BCUT2D eigenvalue weighted by Gasteiger charge is -2.16. The summed E-state index contributed by atoms with van der Waals surface area (Å²) in [4.78, 5) is 17.8. The van der Waals surface area contributed by atoms with Crippen molar-refractivity contribution in [1.29, 1.82) is 0 Å². The van der Waals surface area contributed by atoms with Crippen LogP contribution in [0.15, 0.2) is 24.5 Å². The van der Waals surface area contributed by atoms with E-state index in [4.69, 9.17) is 0 Å². The number of carbonyl (C=O) groups is 1. The Morgan fingerprint density at radius 2 is 2.31 bits per heavy atom. The Morgan fingerprint density at radius 3 is 2.94 bits per heavy atom. The molecule has 1 aliphatic rings. The first-order valence-electron chi connectivity index (χ1n) is 5.63. The van der Waals surface area contributed by atoms with Gasteiger partial charge in [-0.1, -0.05) is 0 Å². The van der Waals surface area contributed by atoms with Gasteiger partial charge in [0, 0.05) is 31.5 Å². The third-order valence-corrected chi connectivity index (χ3v) is 3.05. The number of hydrogen-bond acceptors (Lipinski definition) is 3. The van der Waals surface area contributed by atoms with Crippen molar-refractivity contribution in [3.63, 3.8) is 0 Å². The maximum Gasteiger partial charge on any atom is 0.227 e. The number of pyridine rings is 1. The average molecular weight is 219 g/mol. The van der Waals surface area contributed by atoms with Gasteiger partial charge in [0.05, 0.1) is 6.42 Å². The molecule has 2 rings (SSSR count). The topological polar surface area (TPSA) is 45.2 Å². The van der Waals surface area contributed by atoms with E-state index in [0.717, 1.165) is 25.1 Å². The fourth-order valence-electron chi connectivity index (χ4n) is 2.01. The van der Waals surface area contributed by atoms with E-state index in [9.17, 15) is 4.79 Å². The number of amides is 1. The van der Waals surface area contributed by atoms with Gasteiger partial charge in [0.1, 0.15) is 0 Å². The van der Waals surface area contributed by atoms with E-state index in [0.29, 0.717) is 12.5 Å². The van der Waals surface area contributed by atoms with Crippen molar-refractivity contribution in [2.75, 3.05) is 20.1 Å². The van der Waals surface area contributed by atoms with Gasteiger partial charge in [0.2, 0.25) is 5.91 Å². The van der Waals surface area contributed by atoms with Gasteiger partial charge in [-0.3, -0.25) is 9.78 Å². The number of hydrogen-bond donors (Lipinski definition) is 1. The second-order valence-electron chi connectivity index (χ2n) is 4.15. The highest BCUT2D eigenvalue weighted by Gasteiger charge is 2.24. The molecule has 86 valence electrons. The van der Waals surface area contributed by atoms with Crippen LogP contribution in [0.4, 0.5) is 0 Å². The lowest BCUT2D eigenvalue weighted by molar-refractivity contribution is -0.129. The third-order valence-electron chi connectivity index (χ3n) is 3.05. The molecule has 1 unspecified atom stereocenters. The molecule has 0 spiro atoms. The standard InChI is InChI=1S/C12H17N3O/c1-13-11-4-7-15(9-11)12(16)8-10-2-5-14-6-3-10/h2-3,5-6,11,13H,4,7-9H2,1H3. The Morgan fingerprint density at radius 1 is 1.56 bits per heavy atom. The third kappa shape index (κ3) is 2.58. The van der Waals surface area contributed by atoms with Crippen molar-refractivity contribution in [1.82, 2.24) is 15.2 Å². The maximum absolute atomic E-state index is 12.0. The molecule has 1 aromatic rings. The lowest BCUT2D eigenvalue weighted by Crippen LogP contribution is -2.34. The molecule has 1 atom stereocenters. The van der Waals surface area contributed by atoms with E-state index in [1.165, 1.54) is 0 Å². The number of carbonyl (C=O) groups excluding carboxylic acids is 1. The van der Waals surface area contributed by atoms with Gasteiger partial charge in [-0.05, 0) is 31.2 Å². The van der Waals surface area contributed by atoms with Crippen molar-refractivity contribution in [3.8, 4) is 0 Å². The highest BCUT2D eigenvalue weighted by atomic mass is 16.2. The zero-order valence-corrected chi connectivity index (χ0v) is 9.52. The molecule has 1 N–H and O–H groups in total. The molecule has 16 heavy (non-hydrogen) atoms. The molecule has 4 heteroatoms. The summed E-state index contributed by atoms with van der Waals surface area (Å²) >= 11 is 0. The minimum Gasteiger partial charge on any atom is -0.341 e. The first-order chi connectivity index (χ1) is 7.79. The second-order valence-corrected chi connectivity index (χ2v) is 4.15. The SMILES string of the molecule is CNC1CCN(C(=O)Cc2ccncc2)C1. The Kier molecular flexibility index (Phi) is 3.51. The quantitative estimate of drug-likeness (QED) is 0.802. The maximum atomic E-state index is 12.0. The van der Waals surface area contributed by atoms with Crippen LogP contribution < -0.4 is 5.32 Å². The molecule has 1 saturated heterocycles. The molecule has 0 aromatic carbocycles. The van der Waals surface area contributed by atoms with E-state index in [1.54, 1.807) is 12.4 Å². The lowest BCUT2D eigenvalue weighted by atomic mass is 10.2. The first kappa shape index (κ1) is 11.1. The summed E-state index contributed by atoms with van der Waals surface area (Å²) in [5, 5.41) is 3.21. The molecular formula is C12H17N3O. The summed E-state index contributed by atoms with van der Waals surface area (Å²) < 4.78 is 0. The Bertz CT molecular complexity index is 353. The van der Waals surface area contributed by atoms with Crippen molar-refractivity contribution in [3.05, 3.63) is 30.1 Å². The Hall–Kier alpha value is -1.42. The summed E-state index contributed by atoms with van der Waals surface area (Å²) in [6.45, 7) is 1.70. The van der Waals surface area contributed by atoms with Crippen molar-refractivity contribution in [2.45, 2.75) is 18.9 Å². The summed E-state index contributed by atoms with van der Waals surface area (Å²) in [5.41, 5.74) is 1.04. The first-order valence-corrected chi connectivity index (χ1v) is 5.63. The summed E-state index contributed by atoms with van der Waals surface area (Å²) in [5.74, 6) is 0.212. The monoisotopic (exact) mass is 219 g/mol. The number of likely N-dealkylation sites (tertiary alicyclic amines) is 1. The fourth-order valence-corrected chi connectivity index (χ4v) is 2.01. The Balaban J connectivity index is 1.90. The molecule has 0 radical (unpaired) electrons. The molecule has 1 amide bonds. The van der Waals surface area contributed by atoms with Crippen LogP contribution >= 0.6 is 0 Å². The van der Waals surface area contributed by atoms with Crippen LogP contribution in [0.25, 0.3) is 0 Å². The predicted octanol–water partition coefficient (Wildman–Crippen LogP) is 0.444. The molecule has 0 aliphatic carbocycles. The van der Waals surface area contributed by atoms with Gasteiger partial charge < -0.3 is 10.2 Å². The van der Waals surface area contributed by atoms with Crippen LogP contribution in [0.3, 0.4) is 0 Å². The highest BCUT2D eigenvalue weighted by molar-refractivity contribution is 5.79. The van der Waals surface area contributed by atoms with Gasteiger partial charge in [-0.2, -0.15) is 0 Å². The highest BCUT2D eigenvalue weighted by Crippen LogP contribution is 2.11. The number of nitrogens with zero attached hydrogens (tertiary/aromatic N) is 2. The summed E-state index contributed by atoms with van der Waals surface area (Å²) in [7, 11) is 1.95. The van der Waals surface area contributed by atoms with Crippen LogP contribution in [0.2, 0.25) is 0 Å². The van der Waals surface area contributed by atoms with Gasteiger partial charge in [0.15, 0.2) is 0 Å². The average Bonchev–Trinajstić information content (AvgIpc) is 2.79. The smallest absolute Gasteiger partial charge is 0.227 e. The predicted molar refractivity (Wildman–Crippen MR) is 62.0 cm³/mol. The van der Waals surface area contributed by atoms with Crippen LogP contribution in [-0.4, -0.2) is 42.0 Å². The van der Waals surface area contributed by atoms with Crippen molar-refractivity contribution in [2.24, 2.45) is 0 Å². The minimum atomic E-state index is 0.212. The molecule has 1 aliphatic heterocycles. The molecule has 0 bridgehead atoms. The van der Waals surface area contributed by atoms with E-state index in [2.05, 4.69) is 10.3 Å². The normalized spacial score (nSPS) is 20.1. The van der Waals surface area contributed by atoms with Crippen LogP contribution in [0.1, 0.15) is 12.0 Å². The van der Waals surface area contributed by atoms with Crippen LogP contribution in [0.5, 0.6) is 0 Å².